The fraction of sp³-hybridized carbons (Fsp3) is 0.350. The fourth-order valence-electron chi connectivity index (χ4n) is 2.39. The molecule has 0 fully saturated rings. The lowest BCUT2D eigenvalue weighted by atomic mass is 10.2. The van der Waals surface area contributed by atoms with Gasteiger partial charge in [0.25, 0.3) is 5.91 Å². The van der Waals surface area contributed by atoms with E-state index >= 15 is 0 Å². The first-order valence-corrected chi connectivity index (χ1v) is 8.46. The number of benzene rings is 2. The summed E-state index contributed by atoms with van der Waals surface area (Å²) in [6.45, 7) is 4.49. The van der Waals surface area contributed by atoms with Crippen LogP contribution in [-0.4, -0.2) is 32.8 Å². The normalized spacial score (nSPS) is 11.4. The summed E-state index contributed by atoms with van der Waals surface area (Å²) in [6.07, 6.45) is -0.656. The summed E-state index contributed by atoms with van der Waals surface area (Å²) < 4.78 is 21.7. The zero-order valence-electron chi connectivity index (χ0n) is 15.6. The molecule has 0 aliphatic carbocycles. The van der Waals surface area contributed by atoms with E-state index in [1.54, 1.807) is 33.3 Å². The lowest BCUT2D eigenvalue weighted by Gasteiger charge is -2.17. The zero-order valence-corrected chi connectivity index (χ0v) is 15.6. The SMILES string of the molecule is CCOc1ccccc1O[C@H](C)C(=O)NCc1ccc(OC)c(OC)c1. The Hall–Kier alpha value is -2.89. The summed E-state index contributed by atoms with van der Waals surface area (Å²) in [4.78, 5) is 12.3. The quantitative estimate of drug-likeness (QED) is 0.745. The van der Waals surface area contributed by atoms with Crippen molar-refractivity contribution in [1.29, 1.82) is 0 Å². The summed E-state index contributed by atoms with van der Waals surface area (Å²) >= 11 is 0. The van der Waals surface area contributed by atoms with Crippen LogP contribution in [0, 0.1) is 0 Å². The fourth-order valence-corrected chi connectivity index (χ4v) is 2.39. The number of amides is 1. The average molecular weight is 359 g/mol. The van der Waals surface area contributed by atoms with Crippen LogP contribution in [0.5, 0.6) is 23.0 Å². The molecule has 0 radical (unpaired) electrons. The lowest BCUT2D eigenvalue weighted by molar-refractivity contribution is -0.127. The molecule has 0 saturated heterocycles. The number of rotatable bonds is 9. The molecule has 0 heterocycles. The van der Waals surface area contributed by atoms with Crippen molar-refractivity contribution in [2.24, 2.45) is 0 Å². The number of hydrogen-bond donors (Lipinski definition) is 1. The van der Waals surface area contributed by atoms with E-state index in [4.69, 9.17) is 18.9 Å². The molecule has 0 saturated carbocycles. The molecule has 0 aliphatic rings. The summed E-state index contributed by atoms with van der Waals surface area (Å²) in [5, 5.41) is 2.86. The maximum absolute atomic E-state index is 12.3. The molecule has 0 spiro atoms. The number of para-hydroxylation sites is 2. The van der Waals surface area contributed by atoms with Crippen LogP contribution in [0.4, 0.5) is 0 Å². The summed E-state index contributed by atoms with van der Waals surface area (Å²) in [5.41, 5.74) is 0.901. The molecule has 1 amide bonds. The van der Waals surface area contributed by atoms with Gasteiger partial charge in [0, 0.05) is 6.54 Å². The average Bonchev–Trinajstić information content (AvgIpc) is 2.67. The van der Waals surface area contributed by atoms with Gasteiger partial charge in [-0.1, -0.05) is 18.2 Å². The Balaban J connectivity index is 1.95. The Morgan fingerprint density at radius 2 is 1.69 bits per heavy atom. The van der Waals surface area contributed by atoms with Crippen molar-refractivity contribution in [3.8, 4) is 23.0 Å². The van der Waals surface area contributed by atoms with Crippen molar-refractivity contribution < 1.29 is 23.7 Å². The smallest absolute Gasteiger partial charge is 0.261 e. The number of nitrogens with one attached hydrogen (secondary N) is 1. The number of methoxy groups -OCH3 is 2. The van der Waals surface area contributed by atoms with E-state index in [1.807, 2.05) is 37.3 Å². The van der Waals surface area contributed by atoms with Gasteiger partial charge in [0.15, 0.2) is 29.1 Å². The Morgan fingerprint density at radius 3 is 2.35 bits per heavy atom. The molecular weight excluding hydrogens is 334 g/mol. The van der Waals surface area contributed by atoms with Crippen LogP contribution in [0.1, 0.15) is 19.4 Å². The maximum Gasteiger partial charge on any atom is 0.261 e. The maximum atomic E-state index is 12.3. The first-order chi connectivity index (χ1) is 12.6. The van der Waals surface area contributed by atoms with Crippen LogP contribution < -0.4 is 24.3 Å². The van der Waals surface area contributed by atoms with Crippen molar-refractivity contribution >= 4 is 5.91 Å². The van der Waals surface area contributed by atoms with Crippen LogP contribution in [-0.2, 0) is 11.3 Å². The van der Waals surface area contributed by atoms with Gasteiger partial charge in [-0.05, 0) is 43.7 Å². The molecule has 2 aromatic rings. The molecular formula is C20H25NO5. The van der Waals surface area contributed by atoms with Crippen molar-refractivity contribution in [3.05, 3.63) is 48.0 Å². The van der Waals surface area contributed by atoms with Crippen molar-refractivity contribution in [2.75, 3.05) is 20.8 Å². The third kappa shape index (κ3) is 5.05. The van der Waals surface area contributed by atoms with Gasteiger partial charge >= 0.3 is 0 Å². The van der Waals surface area contributed by atoms with E-state index in [-0.39, 0.29) is 5.91 Å². The minimum atomic E-state index is -0.656. The number of hydrogen-bond acceptors (Lipinski definition) is 5. The second kappa shape index (κ2) is 9.56. The van der Waals surface area contributed by atoms with Crippen LogP contribution in [0.2, 0.25) is 0 Å². The Morgan fingerprint density at radius 1 is 1.00 bits per heavy atom. The molecule has 1 N–H and O–H groups in total. The molecule has 0 aliphatic heterocycles. The molecule has 2 rings (SSSR count). The van der Waals surface area contributed by atoms with Gasteiger partial charge < -0.3 is 24.3 Å². The minimum Gasteiger partial charge on any atom is -0.493 e. The Labute approximate surface area is 154 Å². The molecule has 0 unspecified atom stereocenters. The van der Waals surface area contributed by atoms with Crippen molar-refractivity contribution in [2.45, 2.75) is 26.5 Å². The highest BCUT2D eigenvalue weighted by atomic mass is 16.5. The van der Waals surface area contributed by atoms with E-state index in [0.717, 1.165) is 5.56 Å². The second-order valence-corrected chi connectivity index (χ2v) is 5.55. The van der Waals surface area contributed by atoms with Gasteiger partial charge in [-0.15, -0.1) is 0 Å². The number of ether oxygens (including phenoxy) is 4. The molecule has 6 heteroatoms. The first-order valence-electron chi connectivity index (χ1n) is 8.46. The third-order valence-corrected chi connectivity index (χ3v) is 3.74. The van der Waals surface area contributed by atoms with E-state index in [1.165, 1.54) is 0 Å². The Kier molecular flexibility index (Phi) is 7.14. The zero-order chi connectivity index (χ0) is 18.9. The molecule has 1 atom stereocenters. The summed E-state index contributed by atoms with van der Waals surface area (Å²) in [6, 6.07) is 12.8. The van der Waals surface area contributed by atoms with Crippen LogP contribution in [0.15, 0.2) is 42.5 Å². The van der Waals surface area contributed by atoms with Crippen LogP contribution in [0.3, 0.4) is 0 Å². The number of carbonyl (C=O) groups excluding carboxylic acids is 1. The van der Waals surface area contributed by atoms with Gasteiger partial charge in [0.1, 0.15) is 0 Å². The molecule has 6 nitrogen and oxygen atoms in total. The van der Waals surface area contributed by atoms with Crippen LogP contribution >= 0.6 is 0 Å². The van der Waals surface area contributed by atoms with E-state index in [0.29, 0.717) is 36.1 Å². The molecule has 140 valence electrons. The van der Waals surface area contributed by atoms with Gasteiger partial charge in [0.2, 0.25) is 0 Å². The lowest BCUT2D eigenvalue weighted by Crippen LogP contribution is -2.36. The molecule has 2 aromatic carbocycles. The highest BCUT2D eigenvalue weighted by Gasteiger charge is 2.16. The van der Waals surface area contributed by atoms with E-state index in [9.17, 15) is 4.79 Å². The van der Waals surface area contributed by atoms with E-state index < -0.39 is 6.10 Å². The predicted octanol–water partition coefficient (Wildman–Crippen LogP) is 3.19. The summed E-state index contributed by atoms with van der Waals surface area (Å²) in [7, 11) is 3.16. The Bertz CT molecular complexity index is 732. The topological polar surface area (TPSA) is 66.0 Å². The van der Waals surface area contributed by atoms with Gasteiger partial charge in [-0.3, -0.25) is 4.79 Å². The highest BCUT2D eigenvalue weighted by molar-refractivity contribution is 5.80. The predicted molar refractivity (Wildman–Crippen MR) is 99.1 cm³/mol. The second-order valence-electron chi connectivity index (χ2n) is 5.55. The van der Waals surface area contributed by atoms with Gasteiger partial charge in [-0.25, -0.2) is 0 Å². The minimum absolute atomic E-state index is 0.217. The van der Waals surface area contributed by atoms with Crippen molar-refractivity contribution in [1.82, 2.24) is 5.32 Å². The standard InChI is InChI=1S/C20H25NO5/c1-5-25-17-8-6-7-9-18(17)26-14(2)20(22)21-13-15-10-11-16(23-3)19(12-15)24-4/h6-12,14H,5,13H2,1-4H3,(H,21,22)/t14-/m1/s1. The van der Waals surface area contributed by atoms with E-state index in [2.05, 4.69) is 5.32 Å². The molecule has 0 bridgehead atoms. The van der Waals surface area contributed by atoms with Gasteiger partial charge in [-0.2, -0.15) is 0 Å². The van der Waals surface area contributed by atoms with Crippen molar-refractivity contribution in [3.63, 3.8) is 0 Å². The number of carbonyl (C=O) groups is 1. The van der Waals surface area contributed by atoms with Gasteiger partial charge in [0.05, 0.1) is 20.8 Å². The first kappa shape index (κ1) is 19.4. The summed E-state index contributed by atoms with van der Waals surface area (Å²) in [5.74, 6) is 2.21. The monoisotopic (exact) mass is 359 g/mol. The third-order valence-electron chi connectivity index (χ3n) is 3.74. The molecule has 26 heavy (non-hydrogen) atoms. The highest BCUT2D eigenvalue weighted by Crippen LogP contribution is 2.28. The largest absolute Gasteiger partial charge is 0.493 e. The van der Waals surface area contributed by atoms with Crippen LogP contribution in [0.25, 0.3) is 0 Å². The molecule has 0 aromatic heterocycles.